The molecule has 66 valence electrons. The van der Waals surface area contributed by atoms with E-state index in [4.69, 9.17) is 0 Å². The molecule has 13 heavy (non-hydrogen) atoms. The summed E-state index contributed by atoms with van der Waals surface area (Å²) in [7, 11) is 0. The summed E-state index contributed by atoms with van der Waals surface area (Å²) in [6.07, 6.45) is 2.40. The molecule has 0 aromatic heterocycles. The first-order valence-electron chi connectivity index (χ1n) is 4.45. The van der Waals surface area contributed by atoms with Gasteiger partial charge < -0.3 is 0 Å². The molecule has 1 aromatic carbocycles. The van der Waals surface area contributed by atoms with E-state index in [0.29, 0.717) is 10.5 Å². The van der Waals surface area contributed by atoms with Crippen LogP contribution >= 0.6 is 23.5 Å². The molecule has 0 saturated carbocycles. The van der Waals surface area contributed by atoms with Gasteiger partial charge in [-0.3, -0.25) is 0 Å². The maximum absolute atomic E-state index is 2.40. The van der Waals surface area contributed by atoms with Crippen LogP contribution in [-0.4, -0.2) is 5.25 Å². The van der Waals surface area contributed by atoms with E-state index < -0.39 is 0 Å². The van der Waals surface area contributed by atoms with Gasteiger partial charge in [0, 0.05) is 10.1 Å². The second-order valence-corrected chi connectivity index (χ2v) is 6.04. The molecular weight excluding hydrogens is 196 g/mol. The highest BCUT2D eigenvalue weighted by atomic mass is 32.2. The van der Waals surface area contributed by atoms with Crippen LogP contribution in [0.15, 0.2) is 40.1 Å². The van der Waals surface area contributed by atoms with Crippen molar-refractivity contribution in [1.82, 2.24) is 0 Å². The van der Waals surface area contributed by atoms with E-state index in [1.807, 2.05) is 23.5 Å². The first-order chi connectivity index (χ1) is 6.34. The second-order valence-electron chi connectivity index (χ2n) is 3.44. The molecule has 0 N–H and O–H groups in total. The first kappa shape index (κ1) is 8.01. The molecule has 0 fully saturated rings. The van der Waals surface area contributed by atoms with Crippen LogP contribution in [0.1, 0.15) is 17.7 Å². The SMILES string of the molecule is CC1=CC2Sc3ccccc3C2S1. The zero-order chi connectivity index (χ0) is 8.84. The summed E-state index contributed by atoms with van der Waals surface area (Å²) in [5, 5.41) is 1.39. The van der Waals surface area contributed by atoms with Gasteiger partial charge in [0.2, 0.25) is 0 Å². The van der Waals surface area contributed by atoms with Crippen LogP contribution in [0.3, 0.4) is 0 Å². The van der Waals surface area contributed by atoms with Gasteiger partial charge in [-0.05, 0) is 23.5 Å². The van der Waals surface area contributed by atoms with E-state index in [-0.39, 0.29) is 0 Å². The normalized spacial score (nSPS) is 29.8. The molecule has 0 nitrogen and oxygen atoms in total. The summed E-state index contributed by atoms with van der Waals surface area (Å²) >= 11 is 4.03. The van der Waals surface area contributed by atoms with Crippen molar-refractivity contribution >= 4 is 23.5 Å². The van der Waals surface area contributed by atoms with Crippen LogP contribution in [0.5, 0.6) is 0 Å². The minimum absolute atomic E-state index is 0.696. The molecule has 2 aliphatic heterocycles. The molecule has 2 heteroatoms. The van der Waals surface area contributed by atoms with E-state index >= 15 is 0 Å². The maximum Gasteiger partial charge on any atom is 0.0509 e. The minimum atomic E-state index is 0.696. The maximum atomic E-state index is 2.40. The molecule has 3 rings (SSSR count). The molecule has 2 heterocycles. The Bertz CT molecular complexity index is 381. The summed E-state index contributed by atoms with van der Waals surface area (Å²) < 4.78 is 0. The number of hydrogen-bond donors (Lipinski definition) is 0. The number of benzene rings is 1. The molecule has 2 unspecified atom stereocenters. The Hall–Kier alpha value is -0.340. The fourth-order valence-electron chi connectivity index (χ4n) is 1.93. The summed E-state index contributed by atoms with van der Waals surface area (Å²) in [6, 6.07) is 8.79. The van der Waals surface area contributed by atoms with Crippen LogP contribution < -0.4 is 0 Å². The van der Waals surface area contributed by atoms with Gasteiger partial charge in [0.25, 0.3) is 0 Å². The van der Waals surface area contributed by atoms with E-state index in [9.17, 15) is 0 Å². The minimum Gasteiger partial charge on any atom is -0.121 e. The van der Waals surface area contributed by atoms with Crippen molar-refractivity contribution < 1.29 is 0 Å². The number of hydrogen-bond acceptors (Lipinski definition) is 2. The second kappa shape index (κ2) is 2.82. The van der Waals surface area contributed by atoms with Crippen molar-refractivity contribution in [2.75, 3.05) is 0 Å². The van der Waals surface area contributed by atoms with Crippen molar-refractivity contribution in [3.63, 3.8) is 0 Å². The standard InChI is InChI=1S/C11H10S2/c1-7-6-10-11(12-7)8-4-2-3-5-9(8)13-10/h2-6,10-11H,1H3. The Morgan fingerprint density at radius 1 is 1.15 bits per heavy atom. The third kappa shape index (κ3) is 1.16. The zero-order valence-corrected chi connectivity index (χ0v) is 8.99. The van der Waals surface area contributed by atoms with Gasteiger partial charge in [0.15, 0.2) is 0 Å². The van der Waals surface area contributed by atoms with E-state index in [2.05, 4.69) is 37.3 Å². The van der Waals surface area contributed by atoms with Crippen LogP contribution in [-0.2, 0) is 0 Å². The van der Waals surface area contributed by atoms with Crippen molar-refractivity contribution in [3.8, 4) is 0 Å². The van der Waals surface area contributed by atoms with Crippen LogP contribution in [0.4, 0.5) is 0 Å². The highest BCUT2D eigenvalue weighted by Gasteiger charge is 2.36. The van der Waals surface area contributed by atoms with Gasteiger partial charge in [0.1, 0.15) is 0 Å². The predicted octanol–water partition coefficient (Wildman–Crippen LogP) is 3.85. The third-order valence-corrected chi connectivity index (χ3v) is 5.29. The predicted molar refractivity (Wildman–Crippen MR) is 60.2 cm³/mol. The first-order valence-corrected chi connectivity index (χ1v) is 6.21. The van der Waals surface area contributed by atoms with Crippen LogP contribution in [0, 0.1) is 0 Å². The summed E-state index contributed by atoms with van der Waals surface area (Å²) in [5.74, 6) is 0. The van der Waals surface area contributed by atoms with Crippen molar-refractivity contribution in [1.29, 1.82) is 0 Å². The molecular formula is C11H10S2. The summed E-state index contributed by atoms with van der Waals surface area (Å²) in [5.41, 5.74) is 1.54. The summed E-state index contributed by atoms with van der Waals surface area (Å²) in [4.78, 5) is 2.96. The fourth-order valence-corrected chi connectivity index (χ4v) is 4.92. The molecule has 2 atom stereocenters. The zero-order valence-electron chi connectivity index (χ0n) is 7.36. The quantitative estimate of drug-likeness (QED) is 0.632. The van der Waals surface area contributed by atoms with Crippen LogP contribution in [0.25, 0.3) is 0 Å². The van der Waals surface area contributed by atoms with Gasteiger partial charge >= 0.3 is 0 Å². The smallest absolute Gasteiger partial charge is 0.0509 e. The Kier molecular flexibility index (Phi) is 1.74. The number of fused-ring (bicyclic) bond motifs is 3. The van der Waals surface area contributed by atoms with E-state index in [0.717, 1.165) is 0 Å². The molecule has 0 aliphatic carbocycles. The van der Waals surface area contributed by atoms with Gasteiger partial charge in [-0.25, -0.2) is 0 Å². The van der Waals surface area contributed by atoms with Gasteiger partial charge in [-0.15, -0.1) is 23.5 Å². The van der Waals surface area contributed by atoms with Gasteiger partial charge in [0.05, 0.1) is 5.25 Å². The Labute approximate surface area is 86.8 Å². The molecule has 0 bridgehead atoms. The Morgan fingerprint density at radius 2 is 2.00 bits per heavy atom. The average molecular weight is 206 g/mol. The Balaban J connectivity index is 2.06. The molecule has 0 spiro atoms. The van der Waals surface area contributed by atoms with Gasteiger partial charge in [-0.2, -0.15) is 0 Å². The average Bonchev–Trinajstić information content (AvgIpc) is 2.60. The third-order valence-electron chi connectivity index (χ3n) is 2.50. The lowest BCUT2D eigenvalue weighted by atomic mass is 10.1. The topological polar surface area (TPSA) is 0 Å². The number of allylic oxidation sites excluding steroid dienone is 1. The van der Waals surface area contributed by atoms with Crippen LogP contribution in [0.2, 0.25) is 0 Å². The highest BCUT2D eigenvalue weighted by molar-refractivity contribution is 8.07. The molecule has 0 saturated heterocycles. The fraction of sp³-hybridized carbons (Fsp3) is 0.273. The molecule has 0 radical (unpaired) electrons. The lowest BCUT2D eigenvalue weighted by molar-refractivity contribution is 1.02. The largest absolute Gasteiger partial charge is 0.121 e. The van der Waals surface area contributed by atoms with Crippen molar-refractivity contribution in [2.24, 2.45) is 0 Å². The van der Waals surface area contributed by atoms with E-state index in [1.165, 1.54) is 15.4 Å². The summed E-state index contributed by atoms with van der Waals surface area (Å²) in [6.45, 7) is 2.21. The molecule has 1 aromatic rings. The molecule has 2 aliphatic rings. The molecule has 0 amide bonds. The number of rotatable bonds is 0. The lowest BCUT2D eigenvalue weighted by Crippen LogP contribution is -1.96. The Morgan fingerprint density at radius 3 is 2.92 bits per heavy atom. The monoisotopic (exact) mass is 206 g/mol. The highest BCUT2D eigenvalue weighted by Crippen LogP contribution is 2.57. The number of thioether (sulfide) groups is 2. The van der Waals surface area contributed by atoms with Crippen molar-refractivity contribution in [2.45, 2.75) is 22.3 Å². The van der Waals surface area contributed by atoms with Crippen molar-refractivity contribution in [3.05, 3.63) is 40.8 Å². The van der Waals surface area contributed by atoms with E-state index in [1.54, 1.807) is 0 Å². The van der Waals surface area contributed by atoms with Gasteiger partial charge in [-0.1, -0.05) is 24.3 Å². The lowest BCUT2D eigenvalue weighted by Gasteiger charge is -2.07.